The molecular weight excluding hydrogens is 238 g/mol. The fraction of sp³-hybridized carbons (Fsp3) is 0.625. The van der Waals surface area contributed by atoms with Crippen molar-refractivity contribution in [1.29, 1.82) is 0 Å². The summed E-state index contributed by atoms with van der Waals surface area (Å²) in [5.74, 6) is 0.602. The molecule has 1 aliphatic heterocycles. The number of benzene rings is 1. The number of ether oxygens (including phenoxy) is 2. The van der Waals surface area contributed by atoms with Gasteiger partial charge in [0.1, 0.15) is 0 Å². The standard InChI is InChI=1S/C16H25NO2/c1-18-11-5-6-12-19-16(15-9-10-17-13-15)14-7-3-2-4-8-14/h2-4,7-8,15-17H,5-6,9-13H2,1H3. The first-order valence-electron chi connectivity index (χ1n) is 7.28. The molecule has 0 aliphatic carbocycles. The van der Waals surface area contributed by atoms with Crippen LogP contribution in [0.25, 0.3) is 0 Å². The molecule has 0 saturated carbocycles. The van der Waals surface area contributed by atoms with Gasteiger partial charge in [-0.3, -0.25) is 0 Å². The highest BCUT2D eigenvalue weighted by Crippen LogP contribution is 2.30. The van der Waals surface area contributed by atoms with Crippen molar-refractivity contribution in [3.8, 4) is 0 Å². The van der Waals surface area contributed by atoms with Crippen LogP contribution in [0.1, 0.15) is 30.9 Å². The summed E-state index contributed by atoms with van der Waals surface area (Å²) >= 11 is 0. The Hall–Kier alpha value is -0.900. The number of hydrogen-bond acceptors (Lipinski definition) is 3. The molecule has 1 saturated heterocycles. The summed E-state index contributed by atoms with van der Waals surface area (Å²) in [4.78, 5) is 0. The normalized spacial score (nSPS) is 20.6. The molecule has 3 nitrogen and oxygen atoms in total. The largest absolute Gasteiger partial charge is 0.385 e. The Bertz CT molecular complexity index is 336. The fourth-order valence-electron chi connectivity index (χ4n) is 2.64. The average Bonchev–Trinajstić information content (AvgIpc) is 2.98. The third kappa shape index (κ3) is 4.60. The topological polar surface area (TPSA) is 30.5 Å². The van der Waals surface area contributed by atoms with E-state index >= 15 is 0 Å². The molecule has 2 unspecified atom stereocenters. The van der Waals surface area contributed by atoms with Crippen LogP contribution in [0.4, 0.5) is 0 Å². The van der Waals surface area contributed by atoms with E-state index in [2.05, 4.69) is 35.6 Å². The molecule has 0 spiro atoms. The maximum absolute atomic E-state index is 6.16. The molecule has 1 aromatic carbocycles. The first-order valence-corrected chi connectivity index (χ1v) is 7.28. The molecule has 1 aromatic rings. The lowest BCUT2D eigenvalue weighted by Crippen LogP contribution is -2.19. The van der Waals surface area contributed by atoms with Crippen molar-refractivity contribution in [3.63, 3.8) is 0 Å². The lowest BCUT2D eigenvalue weighted by Gasteiger charge is -2.24. The maximum Gasteiger partial charge on any atom is 0.0865 e. The van der Waals surface area contributed by atoms with Gasteiger partial charge in [-0.25, -0.2) is 0 Å². The van der Waals surface area contributed by atoms with Crippen LogP contribution >= 0.6 is 0 Å². The van der Waals surface area contributed by atoms with Crippen LogP contribution in [-0.2, 0) is 9.47 Å². The second-order valence-electron chi connectivity index (χ2n) is 5.15. The van der Waals surface area contributed by atoms with E-state index in [4.69, 9.17) is 9.47 Å². The number of nitrogens with one attached hydrogen (secondary N) is 1. The van der Waals surface area contributed by atoms with Crippen molar-refractivity contribution in [2.24, 2.45) is 5.92 Å². The molecule has 19 heavy (non-hydrogen) atoms. The van der Waals surface area contributed by atoms with Gasteiger partial charge in [-0.05, 0) is 31.4 Å². The van der Waals surface area contributed by atoms with Crippen molar-refractivity contribution >= 4 is 0 Å². The lowest BCUT2D eigenvalue weighted by atomic mass is 9.95. The highest BCUT2D eigenvalue weighted by molar-refractivity contribution is 5.18. The van der Waals surface area contributed by atoms with Crippen LogP contribution in [0.15, 0.2) is 30.3 Å². The summed E-state index contributed by atoms with van der Waals surface area (Å²) in [6.45, 7) is 3.82. The lowest BCUT2D eigenvalue weighted by molar-refractivity contribution is 0.0120. The Labute approximate surface area is 116 Å². The molecular formula is C16H25NO2. The van der Waals surface area contributed by atoms with Crippen molar-refractivity contribution in [1.82, 2.24) is 5.32 Å². The molecule has 0 aromatic heterocycles. The Morgan fingerprint density at radius 3 is 2.68 bits per heavy atom. The van der Waals surface area contributed by atoms with Gasteiger partial charge in [0.05, 0.1) is 6.10 Å². The minimum Gasteiger partial charge on any atom is -0.385 e. The van der Waals surface area contributed by atoms with Crippen molar-refractivity contribution in [3.05, 3.63) is 35.9 Å². The molecule has 1 heterocycles. The molecule has 1 fully saturated rings. The van der Waals surface area contributed by atoms with Crippen LogP contribution in [0.5, 0.6) is 0 Å². The molecule has 106 valence electrons. The van der Waals surface area contributed by atoms with Gasteiger partial charge >= 0.3 is 0 Å². The molecule has 2 rings (SSSR count). The van der Waals surface area contributed by atoms with Gasteiger partial charge in [0, 0.05) is 32.8 Å². The van der Waals surface area contributed by atoms with Gasteiger partial charge in [0.2, 0.25) is 0 Å². The summed E-state index contributed by atoms with van der Waals surface area (Å²) in [6.07, 6.45) is 3.58. The molecule has 2 atom stereocenters. The molecule has 1 aliphatic rings. The number of hydrogen-bond donors (Lipinski definition) is 1. The first-order chi connectivity index (χ1) is 9.42. The van der Waals surface area contributed by atoms with Gasteiger partial charge in [-0.2, -0.15) is 0 Å². The third-order valence-corrected chi connectivity index (χ3v) is 3.69. The minimum absolute atomic E-state index is 0.235. The quantitative estimate of drug-likeness (QED) is 0.732. The van der Waals surface area contributed by atoms with E-state index in [0.717, 1.165) is 39.1 Å². The van der Waals surface area contributed by atoms with E-state index < -0.39 is 0 Å². The van der Waals surface area contributed by atoms with Crippen LogP contribution in [0.2, 0.25) is 0 Å². The monoisotopic (exact) mass is 263 g/mol. The minimum atomic E-state index is 0.235. The first kappa shape index (κ1) is 14.5. The highest BCUT2D eigenvalue weighted by Gasteiger charge is 2.26. The fourth-order valence-corrected chi connectivity index (χ4v) is 2.64. The predicted octanol–water partition coefficient (Wildman–Crippen LogP) is 2.78. The van der Waals surface area contributed by atoms with Crippen LogP contribution in [0, 0.1) is 5.92 Å². The van der Waals surface area contributed by atoms with Crippen LogP contribution in [-0.4, -0.2) is 33.4 Å². The summed E-state index contributed by atoms with van der Waals surface area (Å²) in [5, 5.41) is 3.43. The van der Waals surface area contributed by atoms with Gasteiger partial charge in [-0.15, -0.1) is 0 Å². The Morgan fingerprint density at radius 2 is 2.00 bits per heavy atom. The Kier molecular flexibility index (Phi) is 6.34. The summed E-state index contributed by atoms with van der Waals surface area (Å²) < 4.78 is 11.2. The zero-order chi connectivity index (χ0) is 13.3. The summed E-state index contributed by atoms with van der Waals surface area (Å²) in [6, 6.07) is 10.6. The van der Waals surface area contributed by atoms with E-state index in [1.165, 1.54) is 12.0 Å². The average molecular weight is 263 g/mol. The number of unbranched alkanes of at least 4 members (excludes halogenated alkanes) is 1. The van der Waals surface area contributed by atoms with E-state index in [0.29, 0.717) is 5.92 Å². The SMILES string of the molecule is COCCCCOC(c1ccccc1)C1CCNC1. The molecule has 0 bridgehead atoms. The zero-order valence-corrected chi connectivity index (χ0v) is 11.8. The van der Waals surface area contributed by atoms with E-state index in [9.17, 15) is 0 Å². The molecule has 0 amide bonds. The number of methoxy groups -OCH3 is 1. The van der Waals surface area contributed by atoms with Gasteiger partial charge in [0.15, 0.2) is 0 Å². The van der Waals surface area contributed by atoms with Crippen molar-refractivity contribution in [2.45, 2.75) is 25.4 Å². The van der Waals surface area contributed by atoms with E-state index in [1.54, 1.807) is 7.11 Å². The summed E-state index contributed by atoms with van der Waals surface area (Å²) in [7, 11) is 1.75. The zero-order valence-electron chi connectivity index (χ0n) is 11.8. The third-order valence-electron chi connectivity index (χ3n) is 3.69. The van der Waals surface area contributed by atoms with Gasteiger partial charge in [-0.1, -0.05) is 30.3 Å². The molecule has 3 heteroatoms. The second kappa shape index (κ2) is 8.31. The smallest absolute Gasteiger partial charge is 0.0865 e. The van der Waals surface area contributed by atoms with E-state index in [-0.39, 0.29) is 6.10 Å². The molecule has 0 radical (unpaired) electrons. The molecule has 1 N–H and O–H groups in total. The van der Waals surface area contributed by atoms with Crippen LogP contribution in [0.3, 0.4) is 0 Å². The second-order valence-corrected chi connectivity index (χ2v) is 5.15. The Morgan fingerprint density at radius 1 is 1.21 bits per heavy atom. The van der Waals surface area contributed by atoms with Crippen molar-refractivity contribution < 1.29 is 9.47 Å². The number of rotatable bonds is 8. The van der Waals surface area contributed by atoms with Gasteiger partial charge < -0.3 is 14.8 Å². The van der Waals surface area contributed by atoms with Crippen molar-refractivity contribution in [2.75, 3.05) is 33.4 Å². The predicted molar refractivity (Wildman–Crippen MR) is 77.2 cm³/mol. The highest BCUT2D eigenvalue weighted by atomic mass is 16.5. The summed E-state index contributed by atoms with van der Waals surface area (Å²) in [5.41, 5.74) is 1.31. The van der Waals surface area contributed by atoms with Gasteiger partial charge in [0.25, 0.3) is 0 Å². The maximum atomic E-state index is 6.16. The Balaban J connectivity index is 1.87. The van der Waals surface area contributed by atoms with E-state index in [1.807, 2.05) is 0 Å². The van der Waals surface area contributed by atoms with Crippen LogP contribution < -0.4 is 5.32 Å².